The maximum atomic E-state index is 13.9. The van der Waals surface area contributed by atoms with Gasteiger partial charge in [-0.2, -0.15) is 14.1 Å². The van der Waals surface area contributed by atoms with Crippen molar-refractivity contribution in [2.45, 2.75) is 18.6 Å². The first-order valence-electron chi connectivity index (χ1n) is 13.2. The Morgan fingerprint density at radius 3 is 2.24 bits per heavy atom. The highest BCUT2D eigenvalue weighted by atomic mass is 32.2. The van der Waals surface area contributed by atoms with Crippen LogP contribution in [0.3, 0.4) is 0 Å². The van der Waals surface area contributed by atoms with E-state index < -0.39 is 32.1 Å². The van der Waals surface area contributed by atoms with Gasteiger partial charge in [0, 0.05) is 56.9 Å². The summed E-state index contributed by atoms with van der Waals surface area (Å²) in [4.78, 5) is 25.7. The maximum absolute atomic E-state index is 13.9. The Balaban J connectivity index is 1.36. The number of ether oxygens (including phenoxy) is 2. The first kappa shape index (κ1) is 29.5. The van der Waals surface area contributed by atoms with Crippen LogP contribution in [0.15, 0.2) is 53.5 Å². The highest BCUT2D eigenvalue weighted by Gasteiger charge is 2.44. The molecule has 2 aliphatic rings. The molecule has 0 unspecified atom stereocenters. The molecule has 0 amide bonds. The van der Waals surface area contributed by atoms with Crippen molar-refractivity contribution < 1.29 is 31.6 Å². The van der Waals surface area contributed by atoms with Gasteiger partial charge in [-0.3, -0.25) is 14.9 Å². The molecule has 15 heteroatoms. The molecule has 3 aromatic rings. The maximum Gasteiger partial charge on any atom is 0.316 e. The van der Waals surface area contributed by atoms with Crippen LogP contribution in [0.5, 0.6) is 5.75 Å². The Morgan fingerprint density at radius 2 is 1.67 bits per heavy atom. The molecule has 42 heavy (non-hydrogen) atoms. The summed E-state index contributed by atoms with van der Waals surface area (Å²) in [6.07, 6.45) is 3.09. The second-order valence-corrected chi connectivity index (χ2v) is 12.5. The van der Waals surface area contributed by atoms with Crippen molar-refractivity contribution in [2.75, 3.05) is 51.4 Å². The summed E-state index contributed by atoms with van der Waals surface area (Å²) in [6, 6.07) is 8.02. The van der Waals surface area contributed by atoms with Gasteiger partial charge in [0.2, 0.25) is 15.8 Å². The Kier molecular flexibility index (Phi) is 8.25. The van der Waals surface area contributed by atoms with Gasteiger partial charge in [0.15, 0.2) is 0 Å². The van der Waals surface area contributed by atoms with Crippen molar-refractivity contribution >= 4 is 21.4 Å². The van der Waals surface area contributed by atoms with Gasteiger partial charge in [-0.15, -0.1) is 0 Å². The zero-order chi connectivity index (χ0) is 30.1. The van der Waals surface area contributed by atoms with E-state index in [2.05, 4.69) is 5.10 Å². The number of hydrogen-bond donors (Lipinski definition) is 0. The quantitative estimate of drug-likeness (QED) is 0.239. The molecule has 5 rings (SSSR count). The average Bonchev–Trinajstić information content (AvgIpc) is 3.71. The van der Waals surface area contributed by atoms with Gasteiger partial charge in [0.05, 0.1) is 35.8 Å². The van der Waals surface area contributed by atoms with Crippen LogP contribution < -0.4 is 15.2 Å². The zero-order valence-corrected chi connectivity index (χ0v) is 23.6. The number of nitro groups is 1. The van der Waals surface area contributed by atoms with E-state index in [-0.39, 0.29) is 61.1 Å². The third-order valence-corrected chi connectivity index (χ3v) is 9.26. The van der Waals surface area contributed by atoms with E-state index in [0.29, 0.717) is 23.9 Å². The van der Waals surface area contributed by atoms with Gasteiger partial charge in [-0.05, 0) is 30.5 Å². The van der Waals surface area contributed by atoms with Crippen molar-refractivity contribution in [3.8, 4) is 11.4 Å². The Morgan fingerprint density at radius 1 is 1.02 bits per heavy atom. The van der Waals surface area contributed by atoms with Gasteiger partial charge >= 0.3 is 5.56 Å². The summed E-state index contributed by atoms with van der Waals surface area (Å²) >= 11 is 0. The van der Waals surface area contributed by atoms with E-state index in [1.807, 2.05) is 0 Å². The summed E-state index contributed by atoms with van der Waals surface area (Å²) < 4.78 is 67.6. The normalized spacial score (nSPS) is 16.8. The Hall–Kier alpha value is -3.95. The molecule has 0 radical (unpaired) electrons. The molecular weight excluding hydrogens is 576 g/mol. The third kappa shape index (κ3) is 6.42. The van der Waals surface area contributed by atoms with Crippen LogP contribution in [0.2, 0.25) is 0 Å². The fraction of sp³-hybridized carbons (Fsp3) is 0.407. The molecule has 2 aromatic carbocycles. The molecule has 2 heterocycles. The topological polar surface area (TPSA) is 137 Å². The molecule has 1 saturated carbocycles. The summed E-state index contributed by atoms with van der Waals surface area (Å²) in [6.45, 7) is 1.30. The standard InChI is InChI=1S/C27H29F2N5O7S/c1-40-17-27(6-7-27)18-41-25-24(15-30-33(26(25)35)23-13-20(28)12-21(29)14-23)31-8-10-32(11-9-31)42(38,39)16-19-2-4-22(5-3-19)34(36)37/h2-5,12-15H,6-11,16-18H2,1H3. The molecule has 0 N–H and O–H groups in total. The fourth-order valence-electron chi connectivity index (χ4n) is 4.90. The minimum absolute atomic E-state index is 0.0563. The number of hydrogen-bond acceptors (Lipinski definition) is 9. The van der Waals surface area contributed by atoms with E-state index in [4.69, 9.17) is 9.47 Å². The third-order valence-electron chi connectivity index (χ3n) is 7.41. The molecule has 1 aromatic heterocycles. The minimum atomic E-state index is -3.73. The number of rotatable bonds is 11. The van der Waals surface area contributed by atoms with Gasteiger partial charge in [0.1, 0.15) is 17.3 Å². The number of aromatic nitrogens is 2. The van der Waals surface area contributed by atoms with Crippen molar-refractivity contribution in [2.24, 2.45) is 5.41 Å². The van der Waals surface area contributed by atoms with Gasteiger partial charge in [-0.25, -0.2) is 17.2 Å². The molecule has 12 nitrogen and oxygen atoms in total. The van der Waals surface area contributed by atoms with Crippen LogP contribution >= 0.6 is 0 Å². The fourth-order valence-corrected chi connectivity index (χ4v) is 6.41. The number of benzene rings is 2. The first-order valence-corrected chi connectivity index (χ1v) is 14.8. The molecule has 1 aliphatic carbocycles. The van der Waals surface area contributed by atoms with Crippen molar-refractivity contribution in [3.05, 3.63) is 86.3 Å². The van der Waals surface area contributed by atoms with Crippen LogP contribution in [-0.2, 0) is 20.5 Å². The molecule has 0 spiro atoms. The Bertz CT molecular complexity index is 1620. The van der Waals surface area contributed by atoms with E-state index in [9.17, 15) is 32.1 Å². The van der Waals surface area contributed by atoms with Crippen LogP contribution in [-0.4, -0.2) is 73.9 Å². The number of nitro benzene ring substituents is 1. The number of sulfonamides is 1. The number of nitrogens with zero attached hydrogens (tertiary/aromatic N) is 5. The van der Waals surface area contributed by atoms with Crippen LogP contribution in [0, 0.1) is 27.2 Å². The van der Waals surface area contributed by atoms with Gasteiger partial charge in [-0.1, -0.05) is 12.1 Å². The minimum Gasteiger partial charge on any atom is -0.486 e. The molecule has 1 saturated heterocycles. The molecule has 2 fully saturated rings. The van der Waals surface area contributed by atoms with Gasteiger partial charge in [0.25, 0.3) is 5.69 Å². The van der Waals surface area contributed by atoms with Crippen LogP contribution in [0.25, 0.3) is 5.69 Å². The lowest BCUT2D eigenvalue weighted by Gasteiger charge is -2.35. The summed E-state index contributed by atoms with van der Waals surface area (Å²) in [5, 5.41) is 15.0. The van der Waals surface area contributed by atoms with Crippen LogP contribution in [0.1, 0.15) is 18.4 Å². The highest BCUT2D eigenvalue weighted by molar-refractivity contribution is 7.88. The summed E-state index contributed by atoms with van der Waals surface area (Å²) in [7, 11) is -2.15. The van der Waals surface area contributed by atoms with E-state index in [0.717, 1.165) is 29.7 Å². The van der Waals surface area contributed by atoms with E-state index in [1.54, 1.807) is 12.0 Å². The lowest BCUT2D eigenvalue weighted by atomic mass is 10.1. The number of methoxy groups -OCH3 is 1. The molecule has 1 aliphatic heterocycles. The lowest BCUT2D eigenvalue weighted by molar-refractivity contribution is -0.384. The second kappa shape index (κ2) is 11.7. The monoisotopic (exact) mass is 605 g/mol. The zero-order valence-electron chi connectivity index (χ0n) is 22.7. The number of halogens is 2. The number of anilines is 1. The SMILES string of the molecule is COCC1(COc2c(N3CCN(S(=O)(=O)Cc4ccc([N+](=O)[O-])cc4)CC3)cnn(-c3cc(F)cc(F)c3)c2=O)CC1. The average molecular weight is 606 g/mol. The van der Waals surface area contributed by atoms with E-state index in [1.165, 1.54) is 34.8 Å². The largest absolute Gasteiger partial charge is 0.486 e. The molecule has 224 valence electrons. The predicted molar refractivity (Wildman–Crippen MR) is 148 cm³/mol. The lowest BCUT2D eigenvalue weighted by Crippen LogP contribution is -2.49. The van der Waals surface area contributed by atoms with Crippen molar-refractivity contribution in [1.82, 2.24) is 14.1 Å². The molecule has 0 bridgehead atoms. The van der Waals surface area contributed by atoms with Crippen molar-refractivity contribution in [3.63, 3.8) is 0 Å². The molecule has 0 atom stereocenters. The number of piperazine rings is 1. The summed E-state index contributed by atoms with van der Waals surface area (Å²) in [5.41, 5.74) is -0.412. The van der Waals surface area contributed by atoms with Gasteiger partial charge < -0.3 is 14.4 Å². The predicted octanol–water partition coefficient (Wildman–Crippen LogP) is 2.88. The highest BCUT2D eigenvalue weighted by Crippen LogP contribution is 2.46. The number of non-ortho nitro benzene ring substituents is 1. The second-order valence-electron chi connectivity index (χ2n) is 10.5. The van der Waals surface area contributed by atoms with Crippen LogP contribution in [0.4, 0.5) is 20.2 Å². The summed E-state index contributed by atoms with van der Waals surface area (Å²) in [5.74, 6) is -2.11. The smallest absolute Gasteiger partial charge is 0.316 e. The molecular formula is C27H29F2N5O7S. The van der Waals surface area contributed by atoms with Crippen molar-refractivity contribution in [1.29, 1.82) is 0 Å². The van der Waals surface area contributed by atoms with E-state index >= 15 is 0 Å². The Labute approximate surface area is 240 Å². The first-order chi connectivity index (χ1) is 20.0.